The zero-order valence-corrected chi connectivity index (χ0v) is 14.6. The summed E-state index contributed by atoms with van der Waals surface area (Å²) in [5.41, 5.74) is 6.66. The van der Waals surface area contributed by atoms with E-state index in [0.29, 0.717) is 16.9 Å². The van der Waals surface area contributed by atoms with Crippen LogP contribution in [0.2, 0.25) is 0 Å². The molecule has 0 bridgehead atoms. The van der Waals surface area contributed by atoms with E-state index in [0.717, 1.165) is 5.56 Å². The minimum Gasteiger partial charge on any atom is -0.497 e. The van der Waals surface area contributed by atoms with Crippen LogP contribution >= 0.6 is 0 Å². The Hall–Kier alpha value is -3.80. The molecule has 27 heavy (non-hydrogen) atoms. The molecule has 0 aliphatic heterocycles. The van der Waals surface area contributed by atoms with E-state index in [1.54, 1.807) is 19.3 Å². The first kappa shape index (κ1) is 18.0. The van der Waals surface area contributed by atoms with Gasteiger partial charge in [0.05, 0.1) is 13.4 Å². The Morgan fingerprint density at radius 3 is 2.48 bits per heavy atom. The molecule has 2 amide bonds. The molecule has 3 aromatic rings. The van der Waals surface area contributed by atoms with Crippen LogP contribution in [0.4, 0.5) is 0 Å². The van der Waals surface area contributed by atoms with E-state index < -0.39 is 11.8 Å². The zero-order chi connectivity index (χ0) is 19.1. The lowest BCUT2D eigenvalue weighted by atomic mass is 10.0. The van der Waals surface area contributed by atoms with Gasteiger partial charge < -0.3 is 9.15 Å². The van der Waals surface area contributed by atoms with Crippen molar-refractivity contribution in [3.8, 4) is 5.75 Å². The summed E-state index contributed by atoms with van der Waals surface area (Å²) in [4.78, 5) is 24.7. The summed E-state index contributed by atoms with van der Waals surface area (Å²) in [6.07, 6.45) is 3.11. The summed E-state index contributed by atoms with van der Waals surface area (Å²) in [5, 5.41) is 0. The van der Waals surface area contributed by atoms with Crippen molar-refractivity contribution >= 4 is 23.5 Å². The van der Waals surface area contributed by atoms with Gasteiger partial charge in [-0.05, 0) is 41.5 Å². The van der Waals surface area contributed by atoms with Crippen LogP contribution < -0.4 is 15.6 Å². The van der Waals surface area contributed by atoms with Crippen LogP contribution in [0.5, 0.6) is 5.75 Å². The number of hydrogen-bond acceptors (Lipinski definition) is 4. The number of ether oxygens (including phenoxy) is 1. The Morgan fingerprint density at radius 2 is 1.78 bits per heavy atom. The number of furan rings is 1. The minimum atomic E-state index is -0.540. The highest BCUT2D eigenvalue weighted by Crippen LogP contribution is 2.21. The number of benzene rings is 2. The first-order chi connectivity index (χ1) is 13.2. The topological polar surface area (TPSA) is 80.6 Å². The third-order valence-corrected chi connectivity index (χ3v) is 3.77. The van der Waals surface area contributed by atoms with Crippen LogP contribution in [0.25, 0.3) is 11.6 Å². The SMILES string of the molecule is COc1cccc(C=C(C(=O)NNC(=O)c2ccco2)c2ccccc2)c1. The lowest BCUT2D eigenvalue weighted by Crippen LogP contribution is -2.41. The van der Waals surface area contributed by atoms with Crippen molar-refractivity contribution < 1.29 is 18.7 Å². The van der Waals surface area contributed by atoms with Gasteiger partial charge in [-0.25, -0.2) is 0 Å². The molecule has 3 rings (SSSR count). The van der Waals surface area contributed by atoms with Gasteiger partial charge in [0.25, 0.3) is 5.91 Å². The summed E-state index contributed by atoms with van der Waals surface area (Å²) in [6, 6.07) is 19.6. The fourth-order valence-electron chi connectivity index (χ4n) is 2.45. The van der Waals surface area contributed by atoms with E-state index in [9.17, 15) is 9.59 Å². The Balaban J connectivity index is 1.84. The fraction of sp³-hybridized carbons (Fsp3) is 0.0476. The van der Waals surface area contributed by atoms with Crippen molar-refractivity contribution in [1.29, 1.82) is 0 Å². The highest BCUT2D eigenvalue weighted by atomic mass is 16.5. The highest BCUT2D eigenvalue weighted by Gasteiger charge is 2.15. The van der Waals surface area contributed by atoms with Crippen LogP contribution in [0.3, 0.4) is 0 Å². The van der Waals surface area contributed by atoms with Crippen LogP contribution in [0.15, 0.2) is 77.4 Å². The molecule has 0 aliphatic rings. The van der Waals surface area contributed by atoms with E-state index in [4.69, 9.17) is 9.15 Å². The number of amides is 2. The summed E-state index contributed by atoms with van der Waals surface area (Å²) >= 11 is 0. The smallest absolute Gasteiger partial charge is 0.305 e. The van der Waals surface area contributed by atoms with Crippen molar-refractivity contribution in [2.24, 2.45) is 0 Å². The lowest BCUT2D eigenvalue weighted by Gasteiger charge is -2.10. The molecule has 2 aromatic carbocycles. The first-order valence-electron chi connectivity index (χ1n) is 8.23. The lowest BCUT2D eigenvalue weighted by molar-refractivity contribution is -0.116. The minimum absolute atomic E-state index is 0.105. The predicted octanol–water partition coefficient (Wildman–Crippen LogP) is 3.29. The summed E-state index contributed by atoms with van der Waals surface area (Å²) in [6.45, 7) is 0. The van der Waals surface area contributed by atoms with Gasteiger partial charge in [-0.2, -0.15) is 0 Å². The van der Waals surface area contributed by atoms with Crippen molar-refractivity contribution in [2.75, 3.05) is 7.11 Å². The standard InChI is InChI=1S/C21H18N2O4/c1-26-17-10-5-7-15(13-17)14-18(16-8-3-2-4-9-16)20(24)22-23-21(25)19-11-6-12-27-19/h2-14H,1H3,(H,22,24)(H,23,25). The maximum absolute atomic E-state index is 12.7. The molecule has 6 heteroatoms. The van der Waals surface area contributed by atoms with E-state index in [1.807, 2.05) is 54.6 Å². The molecule has 2 N–H and O–H groups in total. The molecule has 1 heterocycles. The monoisotopic (exact) mass is 362 g/mol. The Bertz CT molecular complexity index is 947. The summed E-state index contributed by atoms with van der Waals surface area (Å²) in [5.74, 6) is -0.206. The van der Waals surface area contributed by atoms with Gasteiger partial charge in [-0.3, -0.25) is 20.4 Å². The fourth-order valence-corrected chi connectivity index (χ4v) is 2.45. The summed E-state index contributed by atoms with van der Waals surface area (Å²) in [7, 11) is 1.58. The van der Waals surface area contributed by atoms with Crippen molar-refractivity contribution in [3.05, 3.63) is 89.9 Å². The number of methoxy groups -OCH3 is 1. The predicted molar refractivity (Wildman–Crippen MR) is 102 cm³/mol. The van der Waals surface area contributed by atoms with Crippen LogP contribution in [0.1, 0.15) is 21.7 Å². The van der Waals surface area contributed by atoms with Gasteiger partial charge in [0, 0.05) is 5.57 Å². The maximum Gasteiger partial charge on any atom is 0.305 e. The molecular weight excluding hydrogens is 344 g/mol. The van der Waals surface area contributed by atoms with Gasteiger partial charge in [0.15, 0.2) is 5.76 Å². The molecule has 1 aromatic heterocycles. The highest BCUT2D eigenvalue weighted by molar-refractivity contribution is 6.24. The molecule has 0 unspecified atom stereocenters. The van der Waals surface area contributed by atoms with Crippen LogP contribution in [-0.2, 0) is 4.79 Å². The second-order valence-corrected chi connectivity index (χ2v) is 5.59. The second kappa shape index (κ2) is 8.53. The number of hydrazine groups is 1. The van der Waals surface area contributed by atoms with Gasteiger partial charge in [-0.15, -0.1) is 0 Å². The quantitative estimate of drug-likeness (QED) is 0.415. The number of nitrogens with one attached hydrogen (secondary N) is 2. The third kappa shape index (κ3) is 4.64. The summed E-state index contributed by atoms with van der Waals surface area (Å²) < 4.78 is 10.2. The largest absolute Gasteiger partial charge is 0.497 e. The molecule has 0 saturated carbocycles. The average molecular weight is 362 g/mol. The molecule has 136 valence electrons. The van der Waals surface area contributed by atoms with E-state index in [2.05, 4.69) is 10.9 Å². The average Bonchev–Trinajstić information content (AvgIpc) is 3.26. The number of carbonyl (C=O) groups excluding carboxylic acids is 2. The molecule has 0 spiro atoms. The molecule has 0 fully saturated rings. The molecule has 0 aliphatic carbocycles. The molecule has 0 radical (unpaired) electrons. The molecular formula is C21H18N2O4. The molecule has 6 nitrogen and oxygen atoms in total. The van der Waals surface area contributed by atoms with E-state index >= 15 is 0 Å². The normalized spacial score (nSPS) is 10.9. The van der Waals surface area contributed by atoms with Gasteiger partial charge in [0.1, 0.15) is 5.75 Å². The van der Waals surface area contributed by atoms with Gasteiger partial charge in [0.2, 0.25) is 0 Å². The van der Waals surface area contributed by atoms with Gasteiger partial charge >= 0.3 is 5.91 Å². The zero-order valence-electron chi connectivity index (χ0n) is 14.6. The van der Waals surface area contributed by atoms with Crippen molar-refractivity contribution in [1.82, 2.24) is 10.9 Å². The van der Waals surface area contributed by atoms with E-state index in [-0.39, 0.29) is 5.76 Å². The van der Waals surface area contributed by atoms with Crippen molar-refractivity contribution in [3.63, 3.8) is 0 Å². The number of rotatable bonds is 5. The number of carbonyl (C=O) groups is 2. The van der Waals surface area contributed by atoms with Crippen molar-refractivity contribution in [2.45, 2.75) is 0 Å². The Labute approximate surface area is 156 Å². The second-order valence-electron chi connectivity index (χ2n) is 5.59. The Kier molecular flexibility index (Phi) is 5.69. The molecule has 0 atom stereocenters. The van der Waals surface area contributed by atoms with Gasteiger partial charge in [-0.1, -0.05) is 42.5 Å². The van der Waals surface area contributed by atoms with Crippen LogP contribution in [0, 0.1) is 0 Å². The molecule has 0 saturated heterocycles. The Morgan fingerprint density at radius 1 is 0.963 bits per heavy atom. The number of hydrogen-bond donors (Lipinski definition) is 2. The first-order valence-corrected chi connectivity index (χ1v) is 8.23. The van der Waals surface area contributed by atoms with E-state index in [1.165, 1.54) is 12.3 Å². The van der Waals surface area contributed by atoms with Crippen LogP contribution in [-0.4, -0.2) is 18.9 Å². The third-order valence-electron chi connectivity index (χ3n) is 3.77. The maximum atomic E-state index is 12.7.